The topological polar surface area (TPSA) is 32.5 Å². The van der Waals surface area contributed by atoms with Gasteiger partial charge in [0, 0.05) is 32.2 Å². The van der Waals surface area contributed by atoms with Crippen molar-refractivity contribution in [3.63, 3.8) is 0 Å². The number of para-hydroxylation sites is 2. The maximum Gasteiger partial charge on any atom is 0.0607 e. The van der Waals surface area contributed by atoms with E-state index in [2.05, 4.69) is 68.8 Å². The summed E-state index contributed by atoms with van der Waals surface area (Å²) in [7, 11) is 2.16. The molecule has 0 aromatic heterocycles. The molecule has 0 fully saturated rings. The van der Waals surface area contributed by atoms with Crippen molar-refractivity contribution >= 4 is 11.4 Å². The van der Waals surface area contributed by atoms with Gasteiger partial charge in [0.05, 0.1) is 11.4 Å². The van der Waals surface area contributed by atoms with Crippen LogP contribution in [0.1, 0.15) is 27.7 Å². The van der Waals surface area contributed by atoms with Gasteiger partial charge in [0.2, 0.25) is 0 Å². The third-order valence-corrected chi connectivity index (χ3v) is 4.00. The van der Waals surface area contributed by atoms with E-state index >= 15 is 0 Å². The Morgan fingerprint density at radius 3 is 2.21 bits per heavy atom. The summed E-state index contributed by atoms with van der Waals surface area (Å²) in [6.07, 6.45) is 0. The van der Waals surface area contributed by atoms with Gasteiger partial charge in [0.1, 0.15) is 0 Å². The monoisotopic (exact) mass is 261 g/mol. The lowest BCUT2D eigenvalue weighted by molar-refractivity contribution is 0.271. The van der Waals surface area contributed by atoms with Crippen LogP contribution in [0.5, 0.6) is 0 Å². The highest BCUT2D eigenvalue weighted by Gasteiger charge is 2.36. The number of nitrogens with two attached hydrogens (primary N) is 1. The highest BCUT2D eigenvalue weighted by Crippen LogP contribution is 2.37. The van der Waals surface area contributed by atoms with Gasteiger partial charge in [0.25, 0.3) is 0 Å². The number of fused-ring (bicyclic) bond motifs is 1. The summed E-state index contributed by atoms with van der Waals surface area (Å²) >= 11 is 0. The van der Waals surface area contributed by atoms with Crippen molar-refractivity contribution in [3.05, 3.63) is 24.3 Å². The van der Waals surface area contributed by atoms with E-state index in [1.54, 1.807) is 0 Å². The Morgan fingerprint density at radius 1 is 1.11 bits per heavy atom. The molecule has 1 aliphatic heterocycles. The van der Waals surface area contributed by atoms with Crippen molar-refractivity contribution in [1.29, 1.82) is 0 Å². The summed E-state index contributed by atoms with van der Waals surface area (Å²) in [5, 5.41) is 0. The van der Waals surface area contributed by atoms with Crippen molar-refractivity contribution in [3.8, 4) is 0 Å². The molecule has 0 amide bonds. The molecule has 0 radical (unpaired) electrons. The van der Waals surface area contributed by atoms with Gasteiger partial charge in [-0.05, 0) is 24.5 Å². The predicted octanol–water partition coefficient (Wildman–Crippen LogP) is 2.70. The average molecular weight is 261 g/mol. The van der Waals surface area contributed by atoms with E-state index in [4.69, 9.17) is 5.73 Å². The Labute approximate surface area is 117 Å². The number of hydrogen-bond acceptors (Lipinski definition) is 3. The molecule has 1 aromatic rings. The van der Waals surface area contributed by atoms with E-state index in [9.17, 15) is 0 Å². The molecule has 3 heteroatoms. The van der Waals surface area contributed by atoms with E-state index in [0.29, 0.717) is 6.04 Å². The first kappa shape index (κ1) is 14.2. The molecule has 0 bridgehead atoms. The minimum atomic E-state index is 0.150. The zero-order valence-corrected chi connectivity index (χ0v) is 12.9. The lowest BCUT2D eigenvalue weighted by atomic mass is 9.81. The number of hydrogen-bond donors (Lipinski definition) is 1. The van der Waals surface area contributed by atoms with Crippen LogP contribution in [-0.2, 0) is 0 Å². The summed E-state index contributed by atoms with van der Waals surface area (Å²) in [5.74, 6) is 0. The van der Waals surface area contributed by atoms with Crippen molar-refractivity contribution in [1.82, 2.24) is 0 Å². The third kappa shape index (κ3) is 2.71. The lowest BCUT2D eigenvalue weighted by Gasteiger charge is -2.48. The summed E-state index contributed by atoms with van der Waals surface area (Å²) in [6.45, 7) is 11.1. The molecule has 1 aliphatic rings. The Bertz CT molecular complexity index is 434. The van der Waals surface area contributed by atoms with Gasteiger partial charge in [0.15, 0.2) is 0 Å². The van der Waals surface area contributed by atoms with Crippen LogP contribution in [0.15, 0.2) is 24.3 Å². The first-order chi connectivity index (χ1) is 8.82. The third-order valence-electron chi connectivity index (χ3n) is 4.00. The van der Waals surface area contributed by atoms with Gasteiger partial charge < -0.3 is 15.5 Å². The summed E-state index contributed by atoms with van der Waals surface area (Å²) in [6, 6.07) is 9.14. The number of likely N-dealkylation sites (N-methyl/N-ethyl adjacent to an activating group) is 1. The number of nitrogens with zero attached hydrogens (tertiary/aromatic N) is 2. The van der Waals surface area contributed by atoms with Gasteiger partial charge in [-0.3, -0.25) is 0 Å². The lowest BCUT2D eigenvalue weighted by Crippen LogP contribution is -2.57. The van der Waals surface area contributed by atoms with E-state index < -0.39 is 0 Å². The molecule has 0 saturated carbocycles. The van der Waals surface area contributed by atoms with Crippen LogP contribution in [0.25, 0.3) is 0 Å². The highest BCUT2D eigenvalue weighted by molar-refractivity contribution is 5.73. The van der Waals surface area contributed by atoms with Gasteiger partial charge in [-0.15, -0.1) is 0 Å². The first-order valence-electron chi connectivity index (χ1n) is 7.15. The normalized spacial score (nSPS) is 19.1. The fourth-order valence-corrected chi connectivity index (χ4v) is 3.36. The molecule has 0 aliphatic carbocycles. The predicted molar refractivity (Wildman–Crippen MR) is 84.0 cm³/mol. The molecule has 3 nitrogen and oxygen atoms in total. The second kappa shape index (κ2) is 5.04. The Balaban J connectivity index is 2.43. The summed E-state index contributed by atoms with van der Waals surface area (Å²) in [4.78, 5) is 4.83. The minimum Gasteiger partial charge on any atom is -0.371 e. The van der Waals surface area contributed by atoms with Gasteiger partial charge in [-0.1, -0.05) is 32.9 Å². The summed E-state index contributed by atoms with van der Waals surface area (Å²) < 4.78 is 0. The molecule has 0 spiro atoms. The summed E-state index contributed by atoms with van der Waals surface area (Å²) in [5.41, 5.74) is 9.08. The van der Waals surface area contributed by atoms with E-state index in [1.165, 1.54) is 11.4 Å². The molecule has 106 valence electrons. The van der Waals surface area contributed by atoms with Gasteiger partial charge in [-0.25, -0.2) is 0 Å². The van der Waals surface area contributed by atoms with Crippen molar-refractivity contribution in [2.24, 2.45) is 11.1 Å². The molecule has 0 saturated heterocycles. The van der Waals surface area contributed by atoms with Crippen molar-refractivity contribution in [2.75, 3.05) is 29.9 Å². The SMILES string of the molecule is CC(N)C(N1CCN(C)c2ccccc21)C(C)(C)C. The minimum absolute atomic E-state index is 0.150. The standard InChI is InChI=1S/C16H27N3/c1-12(17)15(16(2,3)4)19-11-10-18(5)13-8-6-7-9-14(13)19/h6-9,12,15H,10-11,17H2,1-5H3. The molecule has 19 heavy (non-hydrogen) atoms. The quantitative estimate of drug-likeness (QED) is 0.888. The Kier molecular flexibility index (Phi) is 3.77. The number of anilines is 2. The molecule has 2 unspecified atom stereocenters. The van der Waals surface area contributed by atoms with Crippen LogP contribution in [0, 0.1) is 5.41 Å². The van der Waals surface area contributed by atoms with Crippen LogP contribution in [-0.4, -0.2) is 32.2 Å². The van der Waals surface area contributed by atoms with Crippen molar-refractivity contribution in [2.45, 2.75) is 39.8 Å². The fraction of sp³-hybridized carbons (Fsp3) is 0.625. The zero-order valence-electron chi connectivity index (χ0n) is 12.9. The average Bonchev–Trinajstić information content (AvgIpc) is 2.31. The maximum atomic E-state index is 6.29. The number of benzene rings is 1. The molecule has 1 heterocycles. The highest BCUT2D eigenvalue weighted by atomic mass is 15.3. The molecular formula is C16H27N3. The van der Waals surface area contributed by atoms with Gasteiger partial charge in [-0.2, -0.15) is 0 Å². The molecule has 1 aromatic carbocycles. The molecular weight excluding hydrogens is 234 g/mol. The van der Waals surface area contributed by atoms with Crippen molar-refractivity contribution < 1.29 is 0 Å². The Morgan fingerprint density at radius 2 is 1.68 bits per heavy atom. The molecule has 2 N–H and O–H groups in total. The molecule has 2 atom stereocenters. The van der Waals surface area contributed by atoms with Crippen LogP contribution in [0.3, 0.4) is 0 Å². The van der Waals surface area contributed by atoms with Gasteiger partial charge >= 0.3 is 0 Å². The molecule has 2 rings (SSSR count). The Hall–Kier alpha value is -1.22. The van der Waals surface area contributed by atoms with Crippen LogP contribution >= 0.6 is 0 Å². The van der Waals surface area contributed by atoms with Crippen LogP contribution in [0.4, 0.5) is 11.4 Å². The second-order valence-electron chi connectivity index (χ2n) is 6.77. The van der Waals surface area contributed by atoms with E-state index in [-0.39, 0.29) is 11.5 Å². The fourth-order valence-electron chi connectivity index (χ4n) is 3.36. The second-order valence-corrected chi connectivity index (χ2v) is 6.77. The number of rotatable bonds is 2. The van der Waals surface area contributed by atoms with Crippen LogP contribution < -0.4 is 15.5 Å². The maximum absolute atomic E-state index is 6.29. The van der Waals surface area contributed by atoms with E-state index in [0.717, 1.165) is 13.1 Å². The smallest absolute Gasteiger partial charge is 0.0607 e. The first-order valence-corrected chi connectivity index (χ1v) is 7.15. The van der Waals surface area contributed by atoms with Crippen LogP contribution in [0.2, 0.25) is 0 Å². The van der Waals surface area contributed by atoms with E-state index in [1.807, 2.05) is 0 Å². The largest absolute Gasteiger partial charge is 0.371 e. The zero-order chi connectivity index (χ0) is 14.2.